The number of aromatic nitrogens is 4. The molecule has 28 heavy (non-hydrogen) atoms. The van der Waals surface area contributed by atoms with Crippen molar-refractivity contribution in [3.05, 3.63) is 72.4 Å². The van der Waals surface area contributed by atoms with E-state index in [1.54, 1.807) is 6.20 Å². The molecule has 0 saturated heterocycles. The highest BCUT2D eigenvalue weighted by atomic mass is 16.1. The Morgan fingerprint density at radius 3 is 2.75 bits per heavy atom. The van der Waals surface area contributed by atoms with Gasteiger partial charge in [0.1, 0.15) is 0 Å². The average Bonchev–Trinajstić information content (AvgIpc) is 3.11. The Balaban J connectivity index is 1.41. The van der Waals surface area contributed by atoms with Crippen molar-refractivity contribution in [2.45, 2.75) is 6.54 Å². The molecule has 1 amide bonds. The number of carbonyl (C=O) groups is 1. The summed E-state index contributed by atoms with van der Waals surface area (Å²) in [5.41, 5.74) is 2.93. The SMILES string of the molecule is Cn1c(NCC(=O)NCc2ccccc2)nnc1-c1ccc2ncccc2c1. The largest absolute Gasteiger partial charge is 0.350 e. The third kappa shape index (κ3) is 3.83. The minimum absolute atomic E-state index is 0.106. The summed E-state index contributed by atoms with van der Waals surface area (Å²) < 4.78 is 1.84. The summed E-state index contributed by atoms with van der Waals surface area (Å²) in [6, 6.07) is 19.7. The molecule has 0 saturated carbocycles. The summed E-state index contributed by atoms with van der Waals surface area (Å²) in [6.07, 6.45) is 1.77. The first-order chi connectivity index (χ1) is 13.7. The number of hydrogen-bond donors (Lipinski definition) is 2. The van der Waals surface area contributed by atoms with Gasteiger partial charge >= 0.3 is 0 Å². The van der Waals surface area contributed by atoms with Crippen molar-refractivity contribution in [3.63, 3.8) is 0 Å². The average molecular weight is 372 g/mol. The third-order valence-corrected chi connectivity index (χ3v) is 4.48. The highest BCUT2D eigenvalue weighted by Crippen LogP contribution is 2.23. The molecule has 0 unspecified atom stereocenters. The molecule has 2 aromatic heterocycles. The van der Waals surface area contributed by atoms with E-state index in [2.05, 4.69) is 25.8 Å². The molecule has 140 valence electrons. The van der Waals surface area contributed by atoms with Crippen molar-refractivity contribution in [1.82, 2.24) is 25.1 Å². The van der Waals surface area contributed by atoms with E-state index in [9.17, 15) is 4.79 Å². The van der Waals surface area contributed by atoms with Gasteiger partial charge in [0.25, 0.3) is 0 Å². The number of rotatable bonds is 6. The van der Waals surface area contributed by atoms with Gasteiger partial charge in [-0.25, -0.2) is 0 Å². The van der Waals surface area contributed by atoms with Crippen LogP contribution >= 0.6 is 0 Å². The fourth-order valence-electron chi connectivity index (χ4n) is 2.97. The van der Waals surface area contributed by atoms with Crippen LogP contribution in [0.25, 0.3) is 22.3 Å². The topological polar surface area (TPSA) is 84.7 Å². The van der Waals surface area contributed by atoms with E-state index < -0.39 is 0 Å². The lowest BCUT2D eigenvalue weighted by Crippen LogP contribution is -2.30. The van der Waals surface area contributed by atoms with Crippen LogP contribution < -0.4 is 10.6 Å². The maximum atomic E-state index is 12.1. The quantitative estimate of drug-likeness (QED) is 0.544. The van der Waals surface area contributed by atoms with Crippen LogP contribution in [-0.2, 0) is 18.4 Å². The fourth-order valence-corrected chi connectivity index (χ4v) is 2.97. The second kappa shape index (κ2) is 7.87. The van der Waals surface area contributed by atoms with E-state index in [0.717, 1.165) is 27.9 Å². The van der Waals surface area contributed by atoms with E-state index in [-0.39, 0.29) is 12.5 Å². The maximum absolute atomic E-state index is 12.1. The van der Waals surface area contributed by atoms with E-state index in [1.807, 2.05) is 72.3 Å². The van der Waals surface area contributed by atoms with E-state index in [0.29, 0.717) is 12.5 Å². The second-order valence-corrected chi connectivity index (χ2v) is 6.43. The van der Waals surface area contributed by atoms with Crippen LogP contribution in [0.4, 0.5) is 5.95 Å². The molecule has 2 N–H and O–H groups in total. The fraction of sp³-hybridized carbons (Fsp3) is 0.143. The van der Waals surface area contributed by atoms with E-state index in [1.165, 1.54) is 0 Å². The molecule has 7 nitrogen and oxygen atoms in total. The smallest absolute Gasteiger partial charge is 0.239 e. The number of hydrogen-bond acceptors (Lipinski definition) is 5. The summed E-state index contributed by atoms with van der Waals surface area (Å²) >= 11 is 0. The van der Waals surface area contributed by atoms with Crippen LogP contribution in [0.3, 0.4) is 0 Å². The van der Waals surface area contributed by atoms with Crippen LogP contribution in [0.5, 0.6) is 0 Å². The Labute approximate surface area is 162 Å². The number of nitrogens with zero attached hydrogens (tertiary/aromatic N) is 4. The molecular weight excluding hydrogens is 352 g/mol. The molecule has 2 heterocycles. The molecule has 4 rings (SSSR count). The zero-order valence-corrected chi connectivity index (χ0v) is 15.5. The first-order valence-corrected chi connectivity index (χ1v) is 9.00. The van der Waals surface area contributed by atoms with Crippen LogP contribution in [0.1, 0.15) is 5.56 Å². The lowest BCUT2D eigenvalue weighted by Gasteiger charge is -2.08. The minimum atomic E-state index is -0.106. The summed E-state index contributed by atoms with van der Waals surface area (Å²) in [4.78, 5) is 16.4. The minimum Gasteiger partial charge on any atom is -0.350 e. The number of anilines is 1. The lowest BCUT2D eigenvalue weighted by molar-refractivity contribution is -0.119. The first-order valence-electron chi connectivity index (χ1n) is 9.00. The Bertz CT molecular complexity index is 1110. The molecule has 0 aliphatic carbocycles. The monoisotopic (exact) mass is 372 g/mol. The molecule has 0 aliphatic heterocycles. The van der Waals surface area contributed by atoms with Crippen LogP contribution in [0.2, 0.25) is 0 Å². The van der Waals surface area contributed by atoms with Gasteiger partial charge in [-0.05, 0) is 29.8 Å². The van der Waals surface area contributed by atoms with Crippen LogP contribution in [-0.4, -0.2) is 32.2 Å². The van der Waals surface area contributed by atoms with Gasteiger partial charge in [-0.15, -0.1) is 10.2 Å². The van der Waals surface area contributed by atoms with E-state index in [4.69, 9.17) is 0 Å². The van der Waals surface area contributed by atoms with Gasteiger partial charge in [0.05, 0.1) is 12.1 Å². The van der Waals surface area contributed by atoms with Crippen LogP contribution in [0, 0.1) is 0 Å². The highest BCUT2D eigenvalue weighted by molar-refractivity contribution is 5.83. The summed E-state index contributed by atoms with van der Waals surface area (Å²) in [5.74, 6) is 1.15. The Hall–Kier alpha value is -3.74. The number of nitrogens with one attached hydrogen (secondary N) is 2. The molecule has 0 aliphatic rings. The van der Waals surface area contributed by atoms with Crippen molar-refractivity contribution in [2.75, 3.05) is 11.9 Å². The predicted molar refractivity (Wildman–Crippen MR) is 109 cm³/mol. The van der Waals surface area contributed by atoms with Crippen LogP contribution in [0.15, 0.2) is 66.9 Å². The number of fused-ring (bicyclic) bond motifs is 1. The zero-order valence-electron chi connectivity index (χ0n) is 15.5. The predicted octanol–water partition coefficient (Wildman–Crippen LogP) is 2.76. The Morgan fingerprint density at radius 1 is 1.04 bits per heavy atom. The maximum Gasteiger partial charge on any atom is 0.239 e. The van der Waals surface area contributed by atoms with E-state index >= 15 is 0 Å². The summed E-state index contributed by atoms with van der Waals surface area (Å²) in [5, 5.41) is 15.4. The molecule has 7 heteroatoms. The highest BCUT2D eigenvalue weighted by Gasteiger charge is 2.12. The van der Waals surface area contributed by atoms with Gasteiger partial charge < -0.3 is 10.6 Å². The molecule has 2 aromatic carbocycles. The van der Waals surface area contributed by atoms with Crippen molar-refractivity contribution < 1.29 is 4.79 Å². The second-order valence-electron chi connectivity index (χ2n) is 6.43. The van der Waals surface area contributed by atoms with Gasteiger partial charge in [-0.1, -0.05) is 36.4 Å². The molecule has 0 fully saturated rings. The summed E-state index contributed by atoms with van der Waals surface area (Å²) in [6.45, 7) is 0.622. The van der Waals surface area contributed by atoms with Crippen molar-refractivity contribution in [1.29, 1.82) is 0 Å². The molecule has 0 radical (unpaired) electrons. The first kappa shape index (κ1) is 17.7. The molecule has 4 aromatic rings. The number of amides is 1. The molecule has 0 spiro atoms. The zero-order chi connectivity index (χ0) is 19.3. The Kier molecular flexibility index (Phi) is 4.97. The van der Waals surface area contributed by atoms with Gasteiger partial charge in [0.2, 0.25) is 11.9 Å². The lowest BCUT2D eigenvalue weighted by atomic mass is 10.1. The Morgan fingerprint density at radius 2 is 1.89 bits per heavy atom. The number of pyridine rings is 1. The normalized spacial score (nSPS) is 10.8. The standard InChI is InChI=1S/C21H20N6O/c1-27-20(17-9-10-18-16(12-17)8-5-11-22-18)25-26-21(27)24-14-19(28)23-13-15-6-3-2-4-7-15/h2-12H,13-14H2,1H3,(H,23,28)(H,24,26). The van der Waals surface area contributed by atoms with Crippen molar-refractivity contribution >= 4 is 22.8 Å². The molecular formula is C21H20N6O. The van der Waals surface area contributed by atoms with Gasteiger partial charge in [0.15, 0.2) is 5.82 Å². The van der Waals surface area contributed by atoms with Crippen molar-refractivity contribution in [3.8, 4) is 11.4 Å². The third-order valence-electron chi connectivity index (χ3n) is 4.48. The molecule has 0 atom stereocenters. The number of carbonyl (C=O) groups excluding carboxylic acids is 1. The van der Waals surface area contributed by atoms with Gasteiger partial charge in [-0.2, -0.15) is 0 Å². The van der Waals surface area contributed by atoms with Crippen molar-refractivity contribution in [2.24, 2.45) is 7.05 Å². The molecule has 0 bridgehead atoms. The van der Waals surface area contributed by atoms with Gasteiger partial charge in [0, 0.05) is 30.7 Å². The summed E-state index contributed by atoms with van der Waals surface area (Å²) in [7, 11) is 1.87. The number of benzene rings is 2. The van der Waals surface area contributed by atoms with Gasteiger partial charge in [-0.3, -0.25) is 14.3 Å².